The highest BCUT2D eigenvalue weighted by Crippen LogP contribution is 2.28. The van der Waals surface area contributed by atoms with E-state index in [0.29, 0.717) is 0 Å². The molecule has 1 radical (unpaired) electrons. The average Bonchev–Trinajstić information content (AvgIpc) is 2.04. The van der Waals surface area contributed by atoms with Crippen LogP contribution in [0, 0.1) is 6.61 Å². The monoisotopic (exact) mass is 167 g/mol. The fraction of sp³-hybridized carbons (Fsp3) is 0.222. The van der Waals surface area contributed by atoms with Crippen molar-refractivity contribution in [3.05, 3.63) is 35.4 Å². The van der Waals surface area contributed by atoms with E-state index in [4.69, 9.17) is 16.3 Å². The molecule has 57 valence electrons. The molecule has 0 saturated carbocycles. The number of ether oxygens (including phenoxy) is 1. The predicted molar refractivity (Wildman–Crippen MR) is 44.7 cm³/mol. The Morgan fingerprint density at radius 3 is 3.18 bits per heavy atom. The highest BCUT2D eigenvalue weighted by molar-refractivity contribution is 6.30. The van der Waals surface area contributed by atoms with Gasteiger partial charge in [-0.15, -0.1) is 0 Å². The molecular weight excluding hydrogens is 160 g/mol. The molecule has 1 aliphatic heterocycles. The maximum atomic E-state index is 5.81. The zero-order chi connectivity index (χ0) is 7.68. The molecule has 2 heteroatoms. The van der Waals surface area contributed by atoms with Gasteiger partial charge in [0.25, 0.3) is 0 Å². The third kappa shape index (κ3) is 1.33. The van der Waals surface area contributed by atoms with Gasteiger partial charge in [0.05, 0.1) is 0 Å². The molecule has 0 atom stereocenters. The first-order valence-corrected chi connectivity index (χ1v) is 4.01. The Bertz CT molecular complexity index is 270. The first-order chi connectivity index (χ1) is 5.36. The molecule has 2 rings (SSSR count). The Morgan fingerprint density at radius 1 is 1.36 bits per heavy atom. The highest BCUT2D eigenvalue weighted by Gasteiger charge is 2.09. The molecule has 0 aromatic heterocycles. The fourth-order valence-corrected chi connectivity index (χ4v) is 1.42. The van der Waals surface area contributed by atoms with Crippen molar-refractivity contribution in [1.29, 1.82) is 0 Å². The molecule has 0 aliphatic carbocycles. The topological polar surface area (TPSA) is 9.23 Å². The van der Waals surface area contributed by atoms with E-state index in [2.05, 4.69) is 0 Å². The predicted octanol–water partition coefficient (Wildman–Crippen LogP) is 2.83. The van der Waals surface area contributed by atoms with E-state index in [9.17, 15) is 0 Å². The lowest BCUT2D eigenvalue weighted by atomic mass is 10.1. The van der Waals surface area contributed by atoms with Crippen molar-refractivity contribution in [2.24, 2.45) is 0 Å². The SMILES string of the molecule is Clc1ccc2c(c1)CC[CH]O2. The van der Waals surface area contributed by atoms with Crippen molar-refractivity contribution in [1.82, 2.24) is 0 Å². The Morgan fingerprint density at radius 2 is 2.27 bits per heavy atom. The molecule has 0 amide bonds. The molecule has 0 unspecified atom stereocenters. The van der Waals surface area contributed by atoms with Gasteiger partial charge in [0.15, 0.2) is 0 Å². The third-order valence-corrected chi connectivity index (χ3v) is 2.00. The van der Waals surface area contributed by atoms with E-state index >= 15 is 0 Å². The second kappa shape index (κ2) is 2.74. The van der Waals surface area contributed by atoms with Crippen LogP contribution in [0.1, 0.15) is 12.0 Å². The summed E-state index contributed by atoms with van der Waals surface area (Å²) in [4.78, 5) is 0. The van der Waals surface area contributed by atoms with Crippen molar-refractivity contribution < 1.29 is 4.74 Å². The normalized spacial score (nSPS) is 15.4. The second-order valence-electron chi connectivity index (χ2n) is 2.58. The van der Waals surface area contributed by atoms with E-state index in [0.717, 1.165) is 23.6 Å². The molecule has 1 aromatic rings. The molecule has 1 aromatic carbocycles. The Kier molecular flexibility index (Phi) is 1.74. The first kappa shape index (κ1) is 6.99. The molecule has 1 aliphatic rings. The Hall–Kier alpha value is -0.690. The van der Waals surface area contributed by atoms with Gasteiger partial charge in [-0.3, -0.25) is 0 Å². The minimum atomic E-state index is 0.786. The Balaban J connectivity index is 2.43. The molecule has 1 nitrogen and oxygen atoms in total. The lowest BCUT2D eigenvalue weighted by Crippen LogP contribution is -2.02. The van der Waals surface area contributed by atoms with Crippen molar-refractivity contribution in [3.8, 4) is 5.75 Å². The molecule has 0 fully saturated rings. The van der Waals surface area contributed by atoms with Gasteiger partial charge >= 0.3 is 0 Å². The van der Waals surface area contributed by atoms with Gasteiger partial charge in [-0.25, -0.2) is 0 Å². The molecule has 1 heterocycles. The van der Waals surface area contributed by atoms with Crippen LogP contribution in [0.15, 0.2) is 18.2 Å². The standard InChI is InChI=1S/C9H8ClO/c10-8-3-4-9-7(6-8)2-1-5-11-9/h3-6H,1-2H2. The van der Waals surface area contributed by atoms with Crippen LogP contribution >= 0.6 is 11.6 Å². The van der Waals surface area contributed by atoms with Crippen molar-refractivity contribution in [3.63, 3.8) is 0 Å². The van der Waals surface area contributed by atoms with Gasteiger partial charge in [0, 0.05) is 5.02 Å². The Labute approximate surface area is 70.9 Å². The van der Waals surface area contributed by atoms with Crippen LogP contribution in [0.4, 0.5) is 0 Å². The quantitative estimate of drug-likeness (QED) is 0.578. The summed E-state index contributed by atoms with van der Waals surface area (Å²) in [5.74, 6) is 0.945. The van der Waals surface area contributed by atoms with Gasteiger partial charge < -0.3 is 4.74 Å². The van der Waals surface area contributed by atoms with Crippen molar-refractivity contribution in [2.75, 3.05) is 0 Å². The number of halogens is 1. The van der Waals surface area contributed by atoms with Crippen molar-refractivity contribution in [2.45, 2.75) is 12.8 Å². The summed E-state index contributed by atoms with van der Waals surface area (Å²) in [5.41, 5.74) is 1.21. The number of hydrogen-bond donors (Lipinski definition) is 0. The van der Waals surface area contributed by atoms with Crippen LogP contribution in [0.2, 0.25) is 5.02 Å². The molecular formula is C9H8ClO. The maximum absolute atomic E-state index is 5.81. The second-order valence-corrected chi connectivity index (χ2v) is 3.01. The molecule has 0 N–H and O–H groups in total. The maximum Gasteiger partial charge on any atom is 0.136 e. The summed E-state index contributed by atoms with van der Waals surface area (Å²) in [5, 5.41) is 0.786. The smallest absolute Gasteiger partial charge is 0.136 e. The van der Waals surface area contributed by atoms with E-state index in [1.807, 2.05) is 24.8 Å². The van der Waals surface area contributed by atoms with Crippen LogP contribution in [-0.2, 0) is 6.42 Å². The van der Waals surface area contributed by atoms with E-state index < -0.39 is 0 Å². The van der Waals surface area contributed by atoms with Gasteiger partial charge in [-0.2, -0.15) is 0 Å². The van der Waals surface area contributed by atoms with Crippen LogP contribution in [0.25, 0.3) is 0 Å². The zero-order valence-corrected chi connectivity index (χ0v) is 6.77. The van der Waals surface area contributed by atoms with Crippen LogP contribution in [0.5, 0.6) is 5.75 Å². The third-order valence-electron chi connectivity index (χ3n) is 1.76. The summed E-state index contributed by atoms with van der Waals surface area (Å²) in [6.07, 6.45) is 2.02. The molecule has 0 spiro atoms. The summed E-state index contributed by atoms with van der Waals surface area (Å²) in [6, 6.07) is 5.72. The number of benzene rings is 1. The van der Waals surface area contributed by atoms with Gasteiger partial charge in [-0.05, 0) is 36.6 Å². The van der Waals surface area contributed by atoms with E-state index in [1.165, 1.54) is 5.56 Å². The van der Waals surface area contributed by atoms with Crippen LogP contribution in [0.3, 0.4) is 0 Å². The summed E-state index contributed by atoms with van der Waals surface area (Å²) < 4.78 is 5.29. The highest BCUT2D eigenvalue weighted by atomic mass is 35.5. The average molecular weight is 168 g/mol. The summed E-state index contributed by atoms with van der Waals surface area (Å²) >= 11 is 5.81. The van der Waals surface area contributed by atoms with Gasteiger partial charge in [0.1, 0.15) is 12.4 Å². The lowest BCUT2D eigenvalue weighted by molar-refractivity contribution is 0.366. The number of aryl methyl sites for hydroxylation is 1. The molecule has 0 saturated heterocycles. The largest absolute Gasteiger partial charge is 0.486 e. The van der Waals surface area contributed by atoms with E-state index in [-0.39, 0.29) is 0 Å². The van der Waals surface area contributed by atoms with Crippen LogP contribution < -0.4 is 4.74 Å². The van der Waals surface area contributed by atoms with Crippen LogP contribution in [-0.4, -0.2) is 0 Å². The number of fused-ring (bicyclic) bond motifs is 1. The minimum Gasteiger partial charge on any atom is -0.486 e. The van der Waals surface area contributed by atoms with E-state index in [1.54, 1.807) is 0 Å². The molecule has 0 bridgehead atoms. The summed E-state index contributed by atoms with van der Waals surface area (Å²) in [7, 11) is 0. The number of rotatable bonds is 0. The lowest BCUT2D eigenvalue weighted by Gasteiger charge is -2.15. The first-order valence-electron chi connectivity index (χ1n) is 3.63. The van der Waals surface area contributed by atoms with Gasteiger partial charge in [-0.1, -0.05) is 11.6 Å². The fourth-order valence-electron chi connectivity index (χ4n) is 1.22. The summed E-state index contributed by atoms with van der Waals surface area (Å²) in [6.45, 7) is 1.83. The number of hydrogen-bond acceptors (Lipinski definition) is 1. The molecule has 11 heavy (non-hydrogen) atoms. The van der Waals surface area contributed by atoms with Gasteiger partial charge in [0.2, 0.25) is 0 Å². The van der Waals surface area contributed by atoms with Crippen molar-refractivity contribution >= 4 is 11.6 Å². The zero-order valence-electron chi connectivity index (χ0n) is 6.01. The minimum absolute atomic E-state index is 0.786.